The number of hydrogen-bond acceptors (Lipinski definition) is 4. The van der Waals surface area contributed by atoms with Gasteiger partial charge in [0.15, 0.2) is 0 Å². The zero-order valence-electron chi connectivity index (χ0n) is 9.52. The number of ether oxygens (including phenoxy) is 1. The maximum atomic E-state index is 10.3. The van der Waals surface area contributed by atoms with Crippen LogP contribution in [-0.4, -0.2) is 30.3 Å². The summed E-state index contributed by atoms with van der Waals surface area (Å²) in [6, 6.07) is 3.66. The van der Waals surface area contributed by atoms with Gasteiger partial charge in [-0.25, -0.2) is 0 Å². The second kappa shape index (κ2) is 5.27. The predicted octanol–water partition coefficient (Wildman–Crippen LogP) is 1.12. The Hall–Kier alpha value is -1.13. The van der Waals surface area contributed by atoms with E-state index in [0.717, 1.165) is 25.9 Å². The minimum Gasteiger partial charge on any atom is -0.495 e. The first-order valence-electron chi connectivity index (χ1n) is 5.70. The van der Waals surface area contributed by atoms with Gasteiger partial charge in [-0.3, -0.25) is 4.98 Å². The lowest BCUT2D eigenvalue weighted by atomic mass is 9.90. The highest BCUT2D eigenvalue weighted by Gasteiger charge is 2.26. The molecular weight excluding hydrogens is 204 g/mol. The van der Waals surface area contributed by atoms with E-state index < -0.39 is 6.10 Å². The smallest absolute Gasteiger partial charge is 0.143 e. The molecule has 4 nitrogen and oxygen atoms in total. The van der Waals surface area contributed by atoms with Crippen LogP contribution in [0.1, 0.15) is 24.6 Å². The number of aliphatic hydroxyl groups is 1. The molecule has 4 heteroatoms. The van der Waals surface area contributed by atoms with E-state index in [9.17, 15) is 5.11 Å². The van der Waals surface area contributed by atoms with E-state index in [4.69, 9.17) is 4.74 Å². The molecule has 2 N–H and O–H groups in total. The van der Waals surface area contributed by atoms with Gasteiger partial charge in [0.05, 0.1) is 7.11 Å². The molecule has 0 amide bonds. The molecule has 0 aliphatic carbocycles. The Morgan fingerprint density at radius 2 is 2.25 bits per heavy atom. The molecule has 88 valence electrons. The normalized spacial score (nSPS) is 19.4. The highest BCUT2D eigenvalue weighted by atomic mass is 16.5. The second-order valence-electron chi connectivity index (χ2n) is 4.12. The maximum absolute atomic E-state index is 10.3. The molecule has 1 aliphatic heterocycles. The molecule has 2 rings (SSSR count). The molecule has 1 unspecified atom stereocenters. The van der Waals surface area contributed by atoms with Gasteiger partial charge in [0, 0.05) is 6.20 Å². The predicted molar refractivity (Wildman–Crippen MR) is 61.3 cm³/mol. The Kier molecular flexibility index (Phi) is 3.74. The van der Waals surface area contributed by atoms with Crippen LogP contribution in [-0.2, 0) is 0 Å². The molecule has 1 aromatic heterocycles. The quantitative estimate of drug-likeness (QED) is 0.804. The van der Waals surface area contributed by atoms with Crippen LogP contribution in [0.25, 0.3) is 0 Å². The van der Waals surface area contributed by atoms with Crippen LogP contribution in [0.3, 0.4) is 0 Å². The van der Waals surface area contributed by atoms with Gasteiger partial charge in [0.25, 0.3) is 0 Å². The van der Waals surface area contributed by atoms with Crippen molar-refractivity contribution in [1.82, 2.24) is 10.3 Å². The molecule has 16 heavy (non-hydrogen) atoms. The maximum Gasteiger partial charge on any atom is 0.143 e. The SMILES string of the molecule is COc1cccnc1C(O)C1CCNCC1. The van der Waals surface area contributed by atoms with Crippen LogP contribution in [0.4, 0.5) is 0 Å². The summed E-state index contributed by atoms with van der Waals surface area (Å²) in [7, 11) is 1.61. The molecule has 1 saturated heterocycles. The number of piperidine rings is 1. The summed E-state index contributed by atoms with van der Waals surface area (Å²) in [6.45, 7) is 1.94. The summed E-state index contributed by atoms with van der Waals surface area (Å²) in [6.07, 6.45) is 3.16. The highest BCUT2D eigenvalue weighted by Crippen LogP contribution is 2.32. The van der Waals surface area contributed by atoms with Gasteiger partial charge in [-0.2, -0.15) is 0 Å². The summed E-state index contributed by atoms with van der Waals surface area (Å²) in [5.41, 5.74) is 0.664. The van der Waals surface area contributed by atoms with Gasteiger partial charge >= 0.3 is 0 Å². The van der Waals surface area contributed by atoms with E-state index in [0.29, 0.717) is 11.4 Å². The lowest BCUT2D eigenvalue weighted by Gasteiger charge is -2.27. The summed E-state index contributed by atoms with van der Waals surface area (Å²) < 4.78 is 5.22. The Bertz CT molecular complexity index is 338. The van der Waals surface area contributed by atoms with Crippen molar-refractivity contribution in [3.05, 3.63) is 24.0 Å². The third-order valence-corrected chi connectivity index (χ3v) is 3.13. The van der Waals surface area contributed by atoms with Crippen molar-refractivity contribution in [1.29, 1.82) is 0 Å². The van der Waals surface area contributed by atoms with Gasteiger partial charge in [-0.05, 0) is 44.0 Å². The third-order valence-electron chi connectivity index (χ3n) is 3.13. The van der Waals surface area contributed by atoms with Crippen LogP contribution in [0.15, 0.2) is 18.3 Å². The largest absolute Gasteiger partial charge is 0.495 e. The molecule has 1 aliphatic rings. The number of pyridine rings is 1. The number of nitrogens with zero attached hydrogens (tertiary/aromatic N) is 1. The summed E-state index contributed by atoms with van der Waals surface area (Å²) in [5, 5.41) is 13.6. The van der Waals surface area contributed by atoms with Crippen LogP contribution in [0.5, 0.6) is 5.75 Å². The zero-order chi connectivity index (χ0) is 11.4. The Balaban J connectivity index is 2.15. The minimum absolute atomic E-state index is 0.282. The topological polar surface area (TPSA) is 54.4 Å². The average Bonchev–Trinajstić information content (AvgIpc) is 2.39. The first kappa shape index (κ1) is 11.4. The average molecular weight is 222 g/mol. The number of hydrogen-bond donors (Lipinski definition) is 2. The van der Waals surface area contributed by atoms with Gasteiger partial charge in [-0.1, -0.05) is 0 Å². The summed E-state index contributed by atoms with van der Waals surface area (Å²) in [5.74, 6) is 0.957. The van der Waals surface area contributed by atoms with Gasteiger partial charge in [0.2, 0.25) is 0 Å². The number of nitrogens with one attached hydrogen (secondary N) is 1. The van der Waals surface area contributed by atoms with Crippen LogP contribution in [0, 0.1) is 5.92 Å². The van der Waals surface area contributed by atoms with Crippen LogP contribution >= 0.6 is 0 Å². The van der Waals surface area contributed by atoms with E-state index in [1.165, 1.54) is 0 Å². The van der Waals surface area contributed by atoms with Crippen molar-refractivity contribution >= 4 is 0 Å². The lowest BCUT2D eigenvalue weighted by molar-refractivity contribution is 0.0825. The van der Waals surface area contributed by atoms with Gasteiger partial charge in [0.1, 0.15) is 17.5 Å². The summed E-state index contributed by atoms with van der Waals surface area (Å²) in [4.78, 5) is 4.23. The van der Waals surface area contributed by atoms with E-state index in [-0.39, 0.29) is 5.92 Å². The summed E-state index contributed by atoms with van der Waals surface area (Å²) >= 11 is 0. The standard InChI is InChI=1S/C12H18N2O2/c1-16-10-3-2-6-14-11(10)12(15)9-4-7-13-8-5-9/h2-3,6,9,12-13,15H,4-5,7-8H2,1H3. The van der Waals surface area contributed by atoms with Crippen molar-refractivity contribution < 1.29 is 9.84 Å². The monoisotopic (exact) mass is 222 g/mol. The lowest BCUT2D eigenvalue weighted by Crippen LogP contribution is -2.31. The molecule has 1 fully saturated rings. The van der Waals surface area contributed by atoms with E-state index in [1.807, 2.05) is 12.1 Å². The van der Waals surface area contributed by atoms with Gasteiger partial charge < -0.3 is 15.2 Å². The molecule has 1 aromatic rings. The van der Waals surface area contributed by atoms with Crippen LogP contribution in [0.2, 0.25) is 0 Å². The van der Waals surface area contributed by atoms with Crippen molar-refractivity contribution in [2.45, 2.75) is 18.9 Å². The number of methoxy groups -OCH3 is 1. The Morgan fingerprint density at radius 3 is 2.94 bits per heavy atom. The highest BCUT2D eigenvalue weighted by molar-refractivity contribution is 5.28. The fraction of sp³-hybridized carbons (Fsp3) is 0.583. The molecule has 2 heterocycles. The zero-order valence-corrected chi connectivity index (χ0v) is 9.52. The molecule has 0 spiro atoms. The van der Waals surface area contributed by atoms with E-state index >= 15 is 0 Å². The number of aliphatic hydroxyl groups excluding tert-OH is 1. The molecule has 0 saturated carbocycles. The second-order valence-corrected chi connectivity index (χ2v) is 4.12. The van der Waals surface area contributed by atoms with E-state index in [2.05, 4.69) is 10.3 Å². The number of aromatic nitrogens is 1. The van der Waals surface area contributed by atoms with E-state index in [1.54, 1.807) is 13.3 Å². The Labute approximate surface area is 95.7 Å². The third kappa shape index (κ3) is 2.33. The van der Waals surface area contributed by atoms with Crippen molar-refractivity contribution in [2.24, 2.45) is 5.92 Å². The minimum atomic E-state index is -0.516. The fourth-order valence-electron chi connectivity index (χ4n) is 2.18. The van der Waals surface area contributed by atoms with Gasteiger partial charge in [-0.15, -0.1) is 0 Å². The fourth-order valence-corrected chi connectivity index (χ4v) is 2.18. The van der Waals surface area contributed by atoms with Crippen molar-refractivity contribution in [2.75, 3.05) is 20.2 Å². The molecule has 1 atom stereocenters. The van der Waals surface area contributed by atoms with Crippen LogP contribution < -0.4 is 10.1 Å². The van der Waals surface area contributed by atoms with Crippen molar-refractivity contribution in [3.8, 4) is 5.75 Å². The van der Waals surface area contributed by atoms with Crippen molar-refractivity contribution in [3.63, 3.8) is 0 Å². The molecule has 0 aromatic carbocycles. The number of rotatable bonds is 3. The molecule has 0 bridgehead atoms. The first-order chi connectivity index (χ1) is 7.83. The molecule has 0 radical (unpaired) electrons. The Morgan fingerprint density at radius 1 is 1.50 bits per heavy atom. The first-order valence-corrected chi connectivity index (χ1v) is 5.70. The molecular formula is C12H18N2O2.